The van der Waals surface area contributed by atoms with E-state index in [9.17, 15) is 4.79 Å². The quantitative estimate of drug-likeness (QED) is 0.143. The second-order valence-electron chi connectivity index (χ2n) is 11.8. The molecule has 12 nitrogen and oxygen atoms in total. The standard InChI is InChI=1S/C30H41N7O5Si/c1-30(2,3)43(5,6)42-27(28-33-35-37(34-28)19-22-8-12-25(40-4)13-9-22)21-41-26-14-10-23(11-15-26)24-18-32-36(20-24)17-7-16-31-29(38)39/h8-15,18,20,27,31H,7,16-17,19,21H2,1-6H3,(H,38,39). The van der Waals surface area contributed by atoms with Gasteiger partial charge in [-0.25, -0.2) is 4.79 Å². The minimum Gasteiger partial charge on any atom is -0.497 e. The number of aryl methyl sites for hydroxylation is 1. The number of hydrogen-bond donors (Lipinski definition) is 2. The molecule has 0 radical (unpaired) electrons. The molecule has 2 aromatic heterocycles. The summed E-state index contributed by atoms with van der Waals surface area (Å²) in [5.74, 6) is 1.98. The van der Waals surface area contributed by atoms with E-state index in [2.05, 4.69) is 59.7 Å². The zero-order valence-electron chi connectivity index (χ0n) is 25.6. The fourth-order valence-corrected chi connectivity index (χ4v) is 5.26. The number of carbonyl (C=O) groups is 1. The highest BCUT2D eigenvalue weighted by molar-refractivity contribution is 6.74. The molecule has 0 aliphatic rings. The van der Waals surface area contributed by atoms with Gasteiger partial charge in [0.15, 0.2) is 8.32 Å². The zero-order valence-corrected chi connectivity index (χ0v) is 26.6. The molecular formula is C30H41N7O5Si. The number of hydrogen-bond acceptors (Lipinski definition) is 8. The van der Waals surface area contributed by atoms with Crippen LogP contribution in [0.3, 0.4) is 0 Å². The summed E-state index contributed by atoms with van der Waals surface area (Å²) in [6, 6.07) is 15.6. The van der Waals surface area contributed by atoms with Gasteiger partial charge in [0.1, 0.15) is 24.2 Å². The Bertz CT molecular complexity index is 1460. The summed E-state index contributed by atoms with van der Waals surface area (Å²) in [6.45, 7) is 12.7. The lowest BCUT2D eigenvalue weighted by atomic mass is 10.1. The molecule has 0 spiro atoms. The summed E-state index contributed by atoms with van der Waals surface area (Å²) in [4.78, 5) is 12.2. The van der Waals surface area contributed by atoms with Crippen molar-refractivity contribution in [2.24, 2.45) is 0 Å². The van der Waals surface area contributed by atoms with Gasteiger partial charge in [0.2, 0.25) is 5.82 Å². The van der Waals surface area contributed by atoms with Crippen LogP contribution in [0.15, 0.2) is 60.9 Å². The van der Waals surface area contributed by atoms with E-state index in [0.717, 1.165) is 22.4 Å². The molecule has 230 valence electrons. The van der Waals surface area contributed by atoms with Gasteiger partial charge in [0.25, 0.3) is 0 Å². The molecule has 1 amide bonds. The molecule has 4 rings (SSSR count). The van der Waals surface area contributed by atoms with Crippen LogP contribution in [-0.4, -0.2) is 69.8 Å². The number of nitrogens with one attached hydrogen (secondary N) is 1. The van der Waals surface area contributed by atoms with E-state index in [1.54, 1.807) is 22.8 Å². The van der Waals surface area contributed by atoms with Crippen molar-refractivity contribution in [1.29, 1.82) is 0 Å². The molecular weight excluding hydrogens is 566 g/mol. The van der Waals surface area contributed by atoms with E-state index in [1.807, 2.05) is 54.7 Å². The van der Waals surface area contributed by atoms with Gasteiger partial charge < -0.3 is 24.3 Å². The van der Waals surface area contributed by atoms with Gasteiger partial charge in [0, 0.05) is 24.8 Å². The van der Waals surface area contributed by atoms with Gasteiger partial charge in [-0.2, -0.15) is 9.90 Å². The molecule has 0 aliphatic heterocycles. The number of tetrazole rings is 1. The van der Waals surface area contributed by atoms with Crippen molar-refractivity contribution < 1.29 is 23.8 Å². The van der Waals surface area contributed by atoms with Gasteiger partial charge >= 0.3 is 6.09 Å². The van der Waals surface area contributed by atoms with Gasteiger partial charge in [-0.1, -0.05) is 45.0 Å². The fourth-order valence-electron chi connectivity index (χ4n) is 4.03. The zero-order chi connectivity index (χ0) is 31.0. The summed E-state index contributed by atoms with van der Waals surface area (Å²) in [5.41, 5.74) is 3.00. The highest BCUT2D eigenvalue weighted by atomic mass is 28.4. The number of amides is 1. The minimum atomic E-state index is -2.19. The molecule has 0 saturated carbocycles. The van der Waals surface area contributed by atoms with Crippen LogP contribution in [0, 0.1) is 0 Å². The summed E-state index contributed by atoms with van der Waals surface area (Å²) in [6.07, 6.45) is 2.89. The first kappa shape index (κ1) is 31.7. The summed E-state index contributed by atoms with van der Waals surface area (Å²) < 4.78 is 20.0. The molecule has 0 saturated heterocycles. The van der Waals surface area contributed by atoms with E-state index in [1.165, 1.54) is 0 Å². The predicted molar refractivity (Wildman–Crippen MR) is 165 cm³/mol. The van der Waals surface area contributed by atoms with Crippen LogP contribution in [0.25, 0.3) is 11.1 Å². The van der Waals surface area contributed by atoms with Crippen molar-refractivity contribution in [3.05, 3.63) is 72.3 Å². The van der Waals surface area contributed by atoms with E-state index in [-0.39, 0.29) is 11.6 Å². The number of aromatic nitrogens is 6. The van der Waals surface area contributed by atoms with Crippen molar-refractivity contribution in [1.82, 2.24) is 35.3 Å². The molecule has 2 N–H and O–H groups in total. The third-order valence-electron chi connectivity index (χ3n) is 7.54. The monoisotopic (exact) mass is 607 g/mol. The van der Waals surface area contributed by atoms with E-state index >= 15 is 0 Å². The van der Waals surface area contributed by atoms with Gasteiger partial charge in [-0.15, -0.1) is 10.2 Å². The highest BCUT2D eigenvalue weighted by Crippen LogP contribution is 2.39. The second-order valence-corrected chi connectivity index (χ2v) is 16.6. The largest absolute Gasteiger partial charge is 0.497 e. The Balaban J connectivity index is 1.42. The molecule has 0 aliphatic carbocycles. The third kappa shape index (κ3) is 8.88. The Kier molecular flexibility index (Phi) is 10.2. The first-order chi connectivity index (χ1) is 20.4. The lowest BCUT2D eigenvalue weighted by molar-refractivity contribution is 0.108. The summed E-state index contributed by atoms with van der Waals surface area (Å²) >= 11 is 0. The lowest BCUT2D eigenvalue weighted by Gasteiger charge is -2.38. The molecule has 13 heteroatoms. The molecule has 2 heterocycles. The van der Waals surface area contributed by atoms with Gasteiger partial charge in [0.05, 0.1) is 19.9 Å². The maximum atomic E-state index is 10.6. The van der Waals surface area contributed by atoms with E-state index < -0.39 is 20.5 Å². The SMILES string of the molecule is COc1ccc(Cn2nnc(C(COc3ccc(-c4cnn(CCCNC(=O)O)c4)cc3)O[Si](C)(C)C(C)(C)C)n2)cc1. The molecule has 0 fully saturated rings. The van der Waals surface area contributed by atoms with Crippen LogP contribution in [0.1, 0.15) is 44.7 Å². The first-order valence-electron chi connectivity index (χ1n) is 14.2. The number of ether oxygens (including phenoxy) is 2. The van der Waals surface area contributed by atoms with E-state index in [4.69, 9.17) is 19.0 Å². The van der Waals surface area contributed by atoms with Crippen LogP contribution < -0.4 is 14.8 Å². The molecule has 43 heavy (non-hydrogen) atoms. The Morgan fingerprint density at radius 2 is 1.74 bits per heavy atom. The van der Waals surface area contributed by atoms with E-state index in [0.29, 0.717) is 37.6 Å². The Morgan fingerprint density at radius 3 is 2.40 bits per heavy atom. The van der Waals surface area contributed by atoms with Crippen molar-refractivity contribution >= 4 is 14.4 Å². The Labute approximate surface area is 253 Å². The van der Waals surface area contributed by atoms with Crippen LogP contribution in [0.4, 0.5) is 4.79 Å². The normalized spacial score (nSPS) is 12.6. The molecule has 4 aromatic rings. The van der Waals surface area contributed by atoms with Crippen molar-refractivity contribution in [2.75, 3.05) is 20.3 Å². The van der Waals surface area contributed by atoms with Crippen LogP contribution in [0.2, 0.25) is 18.1 Å². The molecule has 2 aromatic carbocycles. The minimum absolute atomic E-state index is 0.0107. The van der Waals surface area contributed by atoms with Crippen molar-refractivity contribution in [3.63, 3.8) is 0 Å². The molecule has 1 unspecified atom stereocenters. The number of nitrogens with zero attached hydrogens (tertiary/aromatic N) is 6. The average Bonchev–Trinajstić information content (AvgIpc) is 3.63. The maximum Gasteiger partial charge on any atom is 0.404 e. The predicted octanol–water partition coefficient (Wildman–Crippen LogP) is 5.39. The van der Waals surface area contributed by atoms with Gasteiger partial charge in [-0.05, 0) is 65.2 Å². The van der Waals surface area contributed by atoms with Gasteiger partial charge in [-0.3, -0.25) is 4.68 Å². The lowest BCUT2D eigenvalue weighted by Crippen LogP contribution is -2.43. The fraction of sp³-hybridized carbons (Fsp3) is 0.433. The number of benzene rings is 2. The summed E-state index contributed by atoms with van der Waals surface area (Å²) in [7, 11) is -0.544. The number of rotatable bonds is 14. The second kappa shape index (κ2) is 13.8. The van der Waals surface area contributed by atoms with Crippen LogP contribution in [-0.2, 0) is 17.5 Å². The molecule has 0 bridgehead atoms. The Hall–Kier alpha value is -4.23. The average molecular weight is 608 g/mol. The Morgan fingerprint density at radius 1 is 1.05 bits per heavy atom. The first-order valence-corrected chi connectivity index (χ1v) is 17.2. The van der Waals surface area contributed by atoms with Crippen molar-refractivity contribution in [3.8, 4) is 22.6 Å². The van der Waals surface area contributed by atoms with Crippen LogP contribution in [0.5, 0.6) is 11.5 Å². The third-order valence-corrected chi connectivity index (χ3v) is 12.0. The molecule has 1 atom stereocenters. The van der Waals surface area contributed by atoms with Crippen molar-refractivity contribution in [2.45, 2.75) is 64.5 Å². The number of carboxylic acid groups (broad SMARTS) is 1. The smallest absolute Gasteiger partial charge is 0.404 e. The number of methoxy groups -OCH3 is 1. The topological polar surface area (TPSA) is 138 Å². The van der Waals surface area contributed by atoms with Crippen LogP contribution >= 0.6 is 0 Å². The maximum absolute atomic E-state index is 10.6. The summed E-state index contributed by atoms with van der Waals surface area (Å²) in [5, 5.41) is 28.7. The highest BCUT2D eigenvalue weighted by Gasteiger charge is 2.40.